The predicted molar refractivity (Wildman–Crippen MR) is 124 cm³/mol. The van der Waals surface area contributed by atoms with Crippen LogP contribution in [0.25, 0.3) is 11.3 Å². The number of rotatable bonds is 5. The molecule has 0 spiro atoms. The Balaban J connectivity index is 1.20. The topological polar surface area (TPSA) is 72.2 Å². The minimum atomic E-state index is -0.137. The van der Waals surface area contributed by atoms with Crippen LogP contribution in [-0.2, 0) is 13.6 Å². The summed E-state index contributed by atoms with van der Waals surface area (Å²) in [6, 6.07) is 14.8. The van der Waals surface area contributed by atoms with Crippen LogP contribution in [0.1, 0.15) is 28.5 Å². The van der Waals surface area contributed by atoms with E-state index < -0.39 is 0 Å². The van der Waals surface area contributed by atoms with E-state index in [4.69, 9.17) is 11.6 Å². The number of likely N-dealkylation sites (tertiary alicyclic amines) is 1. The van der Waals surface area contributed by atoms with Gasteiger partial charge in [0, 0.05) is 68.0 Å². The Morgan fingerprint density at radius 1 is 1.16 bits per heavy atom. The van der Waals surface area contributed by atoms with Gasteiger partial charge in [0.1, 0.15) is 5.69 Å². The number of aryl methyl sites for hydroxylation is 1. The minimum Gasteiger partial charge on any atom is -0.349 e. The molecule has 0 aliphatic carbocycles. The fourth-order valence-corrected chi connectivity index (χ4v) is 5.26. The van der Waals surface area contributed by atoms with Crippen LogP contribution in [0.5, 0.6) is 0 Å². The van der Waals surface area contributed by atoms with Gasteiger partial charge in [-0.15, -0.1) is 0 Å². The molecule has 8 heteroatoms. The summed E-state index contributed by atoms with van der Waals surface area (Å²) in [5, 5.41) is 8.14. The highest BCUT2D eigenvalue weighted by Crippen LogP contribution is 2.34. The molecule has 0 saturated carbocycles. The van der Waals surface area contributed by atoms with E-state index in [1.807, 2.05) is 34.9 Å². The van der Waals surface area contributed by atoms with Gasteiger partial charge in [0.05, 0.1) is 5.69 Å². The fraction of sp³-hybridized carbons (Fsp3) is 0.375. The van der Waals surface area contributed by atoms with Gasteiger partial charge in [-0.2, -0.15) is 5.10 Å². The smallest absolute Gasteiger partial charge is 0.269 e. The van der Waals surface area contributed by atoms with Crippen molar-refractivity contribution >= 4 is 17.5 Å². The van der Waals surface area contributed by atoms with Crippen molar-refractivity contribution < 1.29 is 4.79 Å². The number of hydrogen-bond donors (Lipinski definition) is 1. The van der Waals surface area contributed by atoms with E-state index in [1.165, 1.54) is 0 Å². The number of aromatic nitrogens is 3. The molecule has 3 aromatic rings. The Morgan fingerprint density at radius 2 is 2.00 bits per heavy atom. The number of pyridine rings is 1. The Kier molecular flexibility index (Phi) is 5.61. The Labute approximate surface area is 191 Å². The summed E-state index contributed by atoms with van der Waals surface area (Å²) in [6.07, 6.45) is 1.13. The third-order valence-corrected chi connectivity index (χ3v) is 6.74. The molecule has 2 aliphatic rings. The van der Waals surface area contributed by atoms with Crippen molar-refractivity contribution in [3.63, 3.8) is 0 Å². The number of carbonyl (C=O) groups excluding carboxylic acids is 1. The number of amides is 1. The van der Waals surface area contributed by atoms with Gasteiger partial charge in [-0.1, -0.05) is 29.8 Å². The van der Waals surface area contributed by atoms with Gasteiger partial charge in [0.25, 0.3) is 11.5 Å². The summed E-state index contributed by atoms with van der Waals surface area (Å²) >= 11 is 6.08. The van der Waals surface area contributed by atoms with Crippen molar-refractivity contribution in [2.75, 3.05) is 26.2 Å². The van der Waals surface area contributed by atoms with Crippen LogP contribution in [0.4, 0.5) is 0 Å². The molecule has 2 bridgehead atoms. The molecule has 5 rings (SSSR count). The maximum Gasteiger partial charge on any atom is 0.269 e. The maximum atomic E-state index is 12.8. The van der Waals surface area contributed by atoms with E-state index >= 15 is 0 Å². The number of fused-ring (bicyclic) bond motifs is 4. The third kappa shape index (κ3) is 4.10. The second kappa shape index (κ2) is 8.56. The zero-order valence-electron chi connectivity index (χ0n) is 18.0. The normalized spacial score (nSPS) is 20.1. The number of carbonyl (C=O) groups is 1. The predicted octanol–water partition coefficient (Wildman–Crippen LogP) is 2.75. The number of piperidine rings is 1. The molecule has 1 fully saturated rings. The molecule has 7 nitrogen and oxygen atoms in total. The van der Waals surface area contributed by atoms with Crippen molar-refractivity contribution in [1.82, 2.24) is 24.6 Å². The summed E-state index contributed by atoms with van der Waals surface area (Å²) in [6.45, 7) is 4.01. The van der Waals surface area contributed by atoms with Gasteiger partial charge >= 0.3 is 0 Å². The monoisotopic (exact) mass is 451 g/mol. The van der Waals surface area contributed by atoms with Crippen LogP contribution in [-0.4, -0.2) is 51.3 Å². The molecule has 1 amide bonds. The lowest BCUT2D eigenvalue weighted by molar-refractivity contribution is 0.0918. The maximum absolute atomic E-state index is 12.8. The summed E-state index contributed by atoms with van der Waals surface area (Å²) in [5.74, 6) is 0.723. The lowest BCUT2D eigenvalue weighted by Crippen LogP contribution is -2.48. The van der Waals surface area contributed by atoms with Gasteiger partial charge < -0.3 is 14.8 Å². The highest BCUT2D eigenvalue weighted by Gasteiger charge is 2.34. The molecule has 1 aromatic carbocycles. The van der Waals surface area contributed by atoms with Gasteiger partial charge in [-0.3, -0.25) is 14.3 Å². The molecule has 166 valence electrons. The number of halogens is 1. The van der Waals surface area contributed by atoms with Crippen molar-refractivity contribution in [2.24, 2.45) is 13.0 Å². The van der Waals surface area contributed by atoms with E-state index in [9.17, 15) is 9.59 Å². The van der Waals surface area contributed by atoms with Crippen molar-refractivity contribution in [3.8, 4) is 11.3 Å². The molecule has 2 aliphatic heterocycles. The van der Waals surface area contributed by atoms with Crippen molar-refractivity contribution in [1.29, 1.82) is 0 Å². The van der Waals surface area contributed by atoms with Crippen LogP contribution < -0.4 is 10.9 Å². The number of nitrogens with one attached hydrogen (secondary N) is 1. The van der Waals surface area contributed by atoms with Crippen LogP contribution in [0, 0.1) is 5.92 Å². The van der Waals surface area contributed by atoms with Gasteiger partial charge in [-0.25, -0.2) is 0 Å². The zero-order chi connectivity index (χ0) is 22.2. The molecule has 4 heterocycles. The third-order valence-electron chi connectivity index (χ3n) is 6.50. The lowest BCUT2D eigenvalue weighted by Gasteiger charge is -2.42. The highest BCUT2D eigenvalue weighted by molar-refractivity contribution is 6.30. The molecular weight excluding hydrogens is 426 g/mol. The molecule has 0 unspecified atom stereocenters. The fourth-order valence-electron chi connectivity index (χ4n) is 5.06. The average Bonchev–Trinajstić information content (AvgIpc) is 3.16. The number of nitrogens with zero attached hydrogens (tertiary/aromatic N) is 4. The Hall–Kier alpha value is -2.90. The zero-order valence-corrected chi connectivity index (χ0v) is 18.8. The second-order valence-electron chi connectivity index (χ2n) is 8.76. The molecule has 0 radical (unpaired) electrons. The average molecular weight is 452 g/mol. The quantitative estimate of drug-likeness (QED) is 0.647. The van der Waals surface area contributed by atoms with Crippen molar-refractivity contribution in [3.05, 3.63) is 75.3 Å². The highest BCUT2D eigenvalue weighted by atomic mass is 35.5. The Morgan fingerprint density at radius 3 is 2.84 bits per heavy atom. The van der Waals surface area contributed by atoms with Crippen molar-refractivity contribution in [2.45, 2.75) is 18.9 Å². The molecule has 2 aromatic heterocycles. The van der Waals surface area contributed by atoms with Gasteiger partial charge in [0.2, 0.25) is 0 Å². The van der Waals surface area contributed by atoms with E-state index in [1.54, 1.807) is 23.9 Å². The van der Waals surface area contributed by atoms with Crippen LogP contribution in [0.3, 0.4) is 0 Å². The summed E-state index contributed by atoms with van der Waals surface area (Å²) in [7, 11) is 1.77. The first-order valence-electron chi connectivity index (χ1n) is 11.0. The first-order chi connectivity index (χ1) is 15.5. The molecule has 1 saturated heterocycles. The standard InChI is InChI=1S/C24H26ClN5O2/c1-28-22(12-20(27-28)17-4-2-5-19(25)11-17)24(32)26-8-9-29-13-16-10-18(15-29)21-6-3-7-23(31)30(21)14-16/h2-7,11-12,16,18H,8-10,13-15H2,1H3,(H,26,32)/t16-,18+/m1/s1. The van der Waals surface area contributed by atoms with E-state index in [-0.39, 0.29) is 11.5 Å². The van der Waals surface area contributed by atoms with Gasteiger partial charge in [-0.05, 0) is 36.6 Å². The van der Waals surface area contributed by atoms with Crippen LogP contribution in [0.2, 0.25) is 5.02 Å². The largest absolute Gasteiger partial charge is 0.349 e. The van der Waals surface area contributed by atoms with E-state index in [0.29, 0.717) is 29.1 Å². The summed E-state index contributed by atoms with van der Waals surface area (Å²) in [4.78, 5) is 27.3. The first-order valence-corrected chi connectivity index (χ1v) is 11.4. The minimum absolute atomic E-state index is 0.103. The SMILES string of the molecule is Cn1nc(-c2cccc(Cl)c2)cc1C(=O)NCCN1C[C@H]2C[C@@H](C1)c1cccc(=O)n1C2. The molecule has 1 N–H and O–H groups in total. The van der Waals surface area contributed by atoms with E-state index in [2.05, 4.69) is 21.4 Å². The van der Waals surface area contributed by atoms with E-state index in [0.717, 1.165) is 49.6 Å². The van der Waals surface area contributed by atoms with Crippen LogP contribution >= 0.6 is 11.6 Å². The van der Waals surface area contributed by atoms with Gasteiger partial charge in [0.15, 0.2) is 0 Å². The number of benzene rings is 1. The molecular formula is C24H26ClN5O2. The first kappa shape index (κ1) is 21.0. The molecule has 32 heavy (non-hydrogen) atoms. The second-order valence-corrected chi connectivity index (χ2v) is 9.20. The molecule has 2 atom stereocenters. The summed E-state index contributed by atoms with van der Waals surface area (Å²) < 4.78 is 3.55. The van der Waals surface area contributed by atoms with Crippen LogP contribution in [0.15, 0.2) is 53.3 Å². The lowest BCUT2D eigenvalue weighted by atomic mass is 9.83. The summed E-state index contributed by atoms with van der Waals surface area (Å²) in [5.41, 5.74) is 3.37. The Bertz CT molecular complexity index is 1220. The number of hydrogen-bond acceptors (Lipinski definition) is 4.